The normalized spacial score (nSPS) is 22.7. The number of nitrogens with one attached hydrogen (secondary N) is 1. The third-order valence-electron chi connectivity index (χ3n) is 6.24. The van der Waals surface area contributed by atoms with Gasteiger partial charge in [-0.3, -0.25) is 9.36 Å². The van der Waals surface area contributed by atoms with Gasteiger partial charge in [0.2, 0.25) is 0 Å². The minimum Gasteiger partial charge on any atom is -0.345 e. The quantitative estimate of drug-likeness (QED) is 0.637. The predicted octanol–water partition coefficient (Wildman–Crippen LogP) is 4.86. The molecule has 1 aromatic carbocycles. The van der Waals surface area contributed by atoms with Gasteiger partial charge < -0.3 is 10.7 Å². The van der Waals surface area contributed by atoms with E-state index in [1.165, 1.54) is 0 Å². The van der Waals surface area contributed by atoms with Gasteiger partial charge in [-0.25, -0.2) is 4.98 Å². The second kappa shape index (κ2) is 7.21. The number of hydrogen-bond donors (Lipinski definition) is 2. The standard InChI is InChI=1S/C21H24Cl2N4O/c1-21(11-24)8-6-12(7-9-21)19-26-18-16(20(28)27(19)2)14(10-25-18)13-4-3-5-15(22)17(13)23/h3-5,10,12,25H,6-9,11,24H2,1-2H3. The Morgan fingerprint density at radius 1 is 1.29 bits per heavy atom. The summed E-state index contributed by atoms with van der Waals surface area (Å²) in [5, 5.41) is 1.43. The summed E-state index contributed by atoms with van der Waals surface area (Å²) in [6.45, 7) is 2.94. The molecule has 0 amide bonds. The molecule has 0 radical (unpaired) electrons. The lowest BCUT2D eigenvalue weighted by atomic mass is 9.71. The first-order valence-electron chi connectivity index (χ1n) is 9.57. The molecule has 148 valence electrons. The minimum absolute atomic E-state index is 0.0700. The summed E-state index contributed by atoms with van der Waals surface area (Å²) in [6.07, 6.45) is 5.87. The van der Waals surface area contributed by atoms with Crippen LogP contribution in [0.3, 0.4) is 0 Å². The topological polar surface area (TPSA) is 76.7 Å². The van der Waals surface area contributed by atoms with Gasteiger partial charge in [0.25, 0.3) is 5.56 Å². The van der Waals surface area contributed by atoms with Crippen LogP contribution in [-0.2, 0) is 7.05 Å². The molecule has 4 rings (SSSR count). The van der Waals surface area contributed by atoms with Crippen molar-refractivity contribution in [3.63, 3.8) is 0 Å². The fourth-order valence-electron chi connectivity index (χ4n) is 4.24. The Hall–Kier alpha value is -1.82. The van der Waals surface area contributed by atoms with E-state index in [2.05, 4.69) is 11.9 Å². The number of aromatic amines is 1. The lowest BCUT2D eigenvalue weighted by Gasteiger charge is -2.36. The van der Waals surface area contributed by atoms with Crippen LogP contribution in [0.1, 0.15) is 44.3 Å². The lowest BCUT2D eigenvalue weighted by Crippen LogP contribution is -2.33. The number of aromatic nitrogens is 3. The smallest absolute Gasteiger partial charge is 0.263 e. The number of halogens is 2. The molecule has 5 nitrogen and oxygen atoms in total. The van der Waals surface area contributed by atoms with Crippen molar-refractivity contribution in [1.82, 2.24) is 14.5 Å². The summed E-state index contributed by atoms with van der Waals surface area (Å²) in [4.78, 5) is 21.2. The van der Waals surface area contributed by atoms with E-state index >= 15 is 0 Å². The van der Waals surface area contributed by atoms with Crippen LogP contribution in [0.15, 0.2) is 29.2 Å². The molecule has 1 fully saturated rings. The van der Waals surface area contributed by atoms with Crippen LogP contribution in [0.2, 0.25) is 10.0 Å². The van der Waals surface area contributed by atoms with E-state index in [9.17, 15) is 4.79 Å². The summed E-state index contributed by atoms with van der Waals surface area (Å²) in [6, 6.07) is 5.42. The van der Waals surface area contributed by atoms with Gasteiger partial charge in [-0.1, -0.05) is 42.3 Å². The van der Waals surface area contributed by atoms with Gasteiger partial charge in [-0.05, 0) is 43.7 Å². The molecule has 0 atom stereocenters. The Labute approximate surface area is 173 Å². The van der Waals surface area contributed by atoms with Gasteiger partial charge in [0.05, 0.1) is 15.4 Å². The second-order valence-corrected chi connectivity index (χ2v) is 8.94. The first-order valence-corrected chi connectivity index (χ1v) is 10.3. The van der Waals surface area contributed by atoms with Crippen LogP contribution in [0, 0.1) is 5.41 Å². The Bertz CT molecular complexity index is 1090. The van der Waals surface area contributed by atoms with Gasteiger partial charge in [0.1, 0.15) is 11.5 Å². The maximum atomic E-state index is 13.2. The Kier molecular flexibility index (Phi) is 5.02. The van der Waals surface area contributed by atoms with Crippen LogP contribution in [-0.4, -0.2) is 21.1 Å². The molecule has 2 heterocycles. The van der Waals surface area contributed by atoms with Gasteiger partial charge in [-0.2, -0.15) is 0 Å². The van der Waals surface area contributed by atoms with Crippen LogP contribution < -0.4 is 11.3 Å². The summed E-state index contributed by atoms with van der Waals surface area (Å²) in [5.41, 5.74) is 8.10. The monoisotopic (exact) mass is 418 g/mol. The Balaban J connectivity index is 1.79. The first kappa shape index (κ1) is 19.5. The predicted molar refractivity (Wildman–Crippen MR) is 115 cm³/mol. The van der Waals surface area contributed by atoms with E-state index in [-0.39, 0.29) is 16.9 Å². The largest absolute Gasteiger partial charge is 0.345 e. The number of H-pyrrole nitrogens is 1. The summed E-state index contributed by atoms with van der Waals surface area (Å²) in [5.74, 6) is 1.10. The molecule has 3 aromatic rings. The fraction of sp³-hybridized carbons (Fsp3) is 0.429. The third-order valence-corrected chi connectivity index (χ3v) is 7.06. The van der Waals surface area contributed by atoms with E-state index < -0.39 is 0 Å². The SMILES string of the molecule is Cn1c(C2CCC(C)(CN)CC2)nc2[nH]cc(-c3cccc(Cl)c3Cl)c2c1=O. The number of benzene rings is 1. The molecular weight excluding hydrogens is 395 g/mol. The first-order chi connectivity index (χ1) is 13.3. The molecule has 0 bridgehead atoms. The highest BCUT2D eigenvalue weighted by molar-refractivity contribution is 6.43. The van der Waals surface area contributed by atoms with Crippen molar-refractivity contribution in [2.75, 3.05) is 6.54 Å². The molecule has 0 unspecified atom stereocenters. The van der Waals surface area contributed by atoms with Crippen LogP contribution >= 0.6 is 23.2 Å². The van der Waals surface area contributed by atoms with E-state index in [1.807, 2.05) is 12.1 Å². The number of nitrogens with two attached hydrogens (primary N) is 1. The van der Waals surface area contributed by atoms with Crippen molar-refractivity contribution < 1.29 is 0 Å². The lowest BCUT2D eigenvalue weighted by molar-refractivity contribution is 0.203. The van der Waals surface area contributed by atoms with E-state index in [4.69, 9.17) is 33.9 Å². The van der Waals surface area contributed by atoms with Crippen LogP contribution in [0.25, 0.3) is 22.2 Å². The molecule has 0 aliphatic heterocycles. The summed E-state index contributed by atoms with van der Waals surface area (Å²) >= 11 is 12.6. The molecular formula is C21H24Cl2N4O. The highest BCUT2D eigenvalue weighted by Crippen LogP contribution is 2.42. The van der Waals surface area contributed by atoms with Crippen molar-refractivity contribution >= 4 is 34.2 Å². The van der Waals surface area contributed by atoms with Gasteiger partial charge in [0.15, 0.2) is 0 Å². The Morgan fingerprint density at radius 2 is 2.00 bits per heavy atom. The maximum Gasteiger partial charge on any atom is 0.263 e. The van der Waals surface area contributed by atoms with Crippen molar-refractivity contribution in [1.29, 1.82) is 0 Å². The molecule has 1 aliphatic rings. The molecule has 2 aromatic heterocycles. The zero-order valence-electron chi connectivity index (χ0n) is 16.1. The molecule has 1 aliphatic carbocycles. The molecule has 0 spiro atoms. The van der Waals surface area contributed by atoms with E-state index in [0.717, 1.165) is 42.6 Å². The van der Waals surface area contributed by atoms with Crippen LogP contribution in [0.5, 0.6) is 0 Å². The number of nitrogens with zero attached hydrogens (tertiary/aromatic N) is 2. The van der Waals surface area contributed by atoms with Crippen molar-refractivity contribution in [2.24, 2.45) is 18.2 Å². The third kappa shape index (κ3) is 3.15. The molecule has 1 saturated carbocycles. The number of hydrogen-bond acceptors (Lipinski definition) is 3. The zero-order valence-corrected chi connectivity index (χ0v) is 17.6. The van der Waals surface area contributed by atoms with E-state index in [0.29, 0.717) is 27.6 Å². The molecule has 7 heteroatoms. The average molecular weight is 419 g/mol. The molecule has 28 heavy (non-hydrogen) atoms. The number of rotatable bonds is 3. The molecule has 3 N–H and O–H groups in total. The second-order valence-electron chi connectivity index (χ2n) is 8.15. The summed E-state index contributed by atoms with van der Waals surface area (Å²) in [7, 11) is 1.80. The van der Waals surface area contributed by atoms with Crippen LogP contribution in [0.4, 0.5) is 0 Å². The van der Waals surface area contributed by atoms with Gasteiger partial charge >= 0.3 is 0 Å². The zero-order chi connectivity index (χ0) is 20.1. The van der Waals surface area contributed by atoms with Gasteiger partial charge in [0, 0.05) is 30.3 Å². The highest BCUT2D eigenvalue weighted by Gasteiger charge is 2.32. The average Bonchev–Trinajstić information content (AvgIpc) is 3.11. The van der Waals surface area contributed by atoms with Crippen molar-refractivity contribution in [3.05, 3.63) is 50.6 Å². The van der Waals surface area contributed by atoms with E-state index in [1.54, 1.807) is 23.9 Å². The summed E-state index contributed by atoms with van der Waals surface area (Å²) < 4.78 is 1.69. The fourth-order valence-corrected chi connectivity index (χ4v) is 4.65. The minimum atomic E-state index is -0.0700. The van der Waals surface area contributed by atoms with Gasteiger partial charge in [-0.15, -0.1) is 0 Å². The molecule has 0 saturated heterocycles. The van der Waals surface area contributed by atoms with Crippen molar-refractivity contribution in [3.8, 4) is 11.1 Å². The van der Waals surface area contributed by atoms with Crippen molar-refractivity contribution in [2.45, 2.75) is 38.5 Å². The maximum absolute atomic E-state index is 13.2. The Morgan fingerprint density at radius 3 is 2.68 bits per heavy atom. The highest BCUT2D eigenvalue weighted by atomic mass is 35.5. The number of fused-ring (bicyclic) bond motifs is 1.